The van der Waals surface area contributed by atoms with Gasteiger partial charge >= 0.3 is 0 Å². The third kappa shape index (κ3) is 11.7. The molecule has 0 fully saturated rings. The van der Waals surface area contributed by atoms with Gasteiger partial charge in [0.1, 0.15) is 0 Å². The zero-order valence-corrected chi connectivity index (χ0v) is 8.93. The Morgan fingerprint density at radius 2 is 1.46 bits per heavy atom. The molecule has 0 N–H and O–H groups in total. The number of hydrogen-bond acceptors (Lipinski definition) is 0. The fourth-order valence-corrected chi connectivity index (χ4v) is 1.30. The van der Waals surface area contributed by atoms with E-state index in [1.165, 1.54) is 38.5 Å². The maximum absolute atomic E-state index is 10.1. The van der Waals surface area contributed by atoms with Gasteiger partial charge in [0.15, 0.2) is 0 Å². The summed E-state index contributed by atoms with van der Waals surface area (Å²) in [6.07, 6.45) is 14.1. The van der Waals surface area contributed by atoms with E-state index in [1.54, 1.807) is 0 Å². The fraction of sp³-hybridized carbons (Fsp3) is 0.833. The Balaban J connectivity index is 2.91. The first kappa shape index (κ1) is 12.7. The van der Waals surface area contributed by atoms with Gasteiger partial charge in [0.2, 0.25) is 0 Å². The minimum Gasteiger partial charge on any atom is -0.237 e. The van der Waals surface area contributed by atoms with Crippen LogP contribution in [0.5, 0.6) is 0 Å². The van der Waals surface area contributed by atoms with Crippen molar-refractivity contribution in [3.63, 3.8) is 0 Å². The van der Waals surface area contributed by atoms with Crippen LogP contribution in [-0.2, 0) is 5.11 Å². The van der Waals surface area contributed by atoms with E-state index in [0.29, 0.717) is 0 Å². The Kier molecular flexibility index (Phi) is 11.4. The summed E-state index contributed by atoms with van der Waals surface area (Å²) in [4.78, 5) is 0. The third-order valence-corrected chi connectivity index (χ3v) is 2.14. The van der Waals surface area contributed by atoms with Crippen LogP contribution in [0.4, 0.5) is 0 Å². The summed E-state index contributed by atoms with van der Waals surface area (Å²) < 4.78 is 0. The summed E-state index contributed by atoms with van der Waals surface area (Å²) in [5, 5.41) is 10.1. The largest absolute Gasteiger partial charge is 0.237 e. The first-order valence-corrected chi connectivity index (χ1v) is 5.65. The van der Waals surface area contributed by atoms with Crippen LogP contribution in [0.25, 0.3) is 0 Å². The van der Waals surface area contributed by atoms with E-state index < -0.39 is 0 Å². The van der Waals surface area contributed by atoms with Crippen LogP contribution in [-0.4, -0.2) is 6.61 Å². The molecule has 1 radical (unpaired) electrons. The van der Waals surface area contributed by atoms with E-state index in [4.69, 9.17) is 0 Å². The molecule has 0 heterocycles. The second kappa shape index (κ2) is 11.7. The van der Waals surface area contributed by atoms with Crippen molar-refractivity contribution in [3.8, 4) is 0 Å². The molecule has 0 spiro atoms. The zero-order valence-electron chi connectivity index (χ0n) is 8.93. The second-order valence-electron chi connectivity index (χ2n) is 3.52. The van der Waals surface area contributed by atoms with Gasteiger partial charge < -0.3 is 0 Å². The van der Waals surface area contributed by atoms with Gasteiger partial charge in [0, 0.05) is 0 Å². The highest BCUT2D eigenvalue weighted by Crippen LogP contribution is 2.05. The smallest absolute Gasteiger partial charge is 0.0822 e. The maximum Gasteiger partial charge on any atom is 0.0822 e. The van der Waals surface area contributed by atoms with Crippen LogP contribution in [0, 0.1) is 0 Å². The Morgan fingerprint density at radius 3 is 2.15 bits per heavy atom. The number of hydrogen-bond donors (Lipinski definition) is 0. The molecule has 0 aromatic heterocycles. The Labute approximate surface area is 82.9 Å². The summed E-state index contributed by atoms with van der Waals surface area (Å²) in [5.74, 6) is 0. The Hall–Kier alpha value is -0.300. The molecule has 0 aliphatic carbocycles. The zero-order chi connectivity index (χ0) is 9.78. The first-order valence-electron chi connectivity index (χ1n) is 5.65. The van der Waals surface area contributed by atoms with Crippen molar-refractivity contribution in [1.82, 2.24) is 0 Å². The van der Waals surface area contributed by atoms with Gasteiger partial charge in [-0.1, -0.05) is 44.8 Å². The van der Waals surface area contributed by atoms with Gasteiger partial charge in [-0.2, -0.15) is 0 Å². The third-order valence-electron chi connectivity index (χ3n) is 2.14. The average Bonchev–Trinajstić information content (AvgIpc) is 2.16. The average molecular weight is 183 g/mol. The van der Waals surface area contributed by atoms with Crippen LogP contribution < -0.4 is 0 Å². The lowest BCUT2D eigenvalue weighted by atomic mass is 10.1. The number of allylic oxidation sites excluding steroid dienone is 2. The first-order chi connectivity index (χ1) is 6.41. The molecule has 1 heteroatoms. The predicted octanol–water partition coefficient (Wildman–Crippen LogP) is 4.11. The Morgan fingerprint density at radius 1 is 0.846 bits per heavy atom. The Bertz CT molecular complexity index is 108. The highest BCUT2D eigenvalue weighted by atomic mass is 16.2. The predicted molar refractivity (Wildman–Crippen MR) is 57.3 cm³/mol. The molecule has 13 heavy (non-hydrogen) atoms. The van der Waals surface area contributed by atoms with Gasteiger partial charge in [-0.3, -0.25) is 0 Å². The molecule has 0 atom stereocenters. The number of rotatable bonds is 9. The van der Waals surface area contributed by atoms with Crippen molar-refractivity contribution in [2.75, 3.05) is 6.61 Å². The SMILES string of the molecule is CCC/C=C/CCCCCCC[O]. The van der Waals surface area contributed by atoms with Gasteiger partial charge in [-0.15, -0.1) is 0 Å². The van der Waals surface area contributed by atoms with Crippen molar-refractivity contribution in [2.24, 2.45) is 0 Å². The van der Waals surface area contributed by atoms with Crippen LogP contribution in [0.2, 0.25) is 0 Å². The van der Waals surface area contributed by atoms with Crippen molar-refractivity contribution in [3.05, 3.63) is 12.2 Å². The maximum atomic E-state index is 10.1. The summed E-state index contributed by atoms with van der Waals surface area (Å²) in [5.41, 5.74) is 0. The molecule has 0 bridgehead atoms. The van der Waals surface area contributed by atoms with E-state index >= 15 is 0 Å². The summed E-state index contributed by atoms with van der Waals surface area (Å²) in [7, 11) is 0. The lowest BCUT2D eigenvalue weighted by Crippen LogP contribution is -1.81. The van der Waals surface area contributed by atoms with E-state index in [2.05, 4.69) is 19.1 Å². The fourth-order valence-electron chi connectivity index (χ4n) is 1.30. The number of unbranched alkanes of at least 4 members (excludes halogenated alkanes) is 6. The van der Waals surface area contributed by atoms with Crippen LogP contribution in [0.3, 0.4) is 0 Å². The van der Waals surface area contributed by atoms with Gasteiger partial charge in [-0.25, -0.2) is 5.11 Å². The molecule has 1 nitrogen and oxygen atoms in total. The normalized spacial score (nSPS) is 11.2. The van der Waals surface area contributed by atoms with Crippen LogP contribution >= 0.6 is 0 Å². The van der Waals surface area contributed by atoms with E-state index in [9.17, 15) is 5.11 Å². The molecule has 77 valence electrons. The van der Waals surface area contributed by atoms with Crippen LogP contribution in [0.15, 0.2) is 12.2 Å². The highest BCUT2D eigenvalue weighted by Gasteiger charge is 1.88. The molecule has 0 aromatic carbocycles. The standard InChI is InChI=1S/C12H23O/c1-2-3-4-5-6-7-8-9-10-11-12-13/h4-5H,2-3,6-12H2,1H3/b5-4+. The highest BCUT2D eigenvalue weighted by molar-refractivity contribution is 4.80. The van der Waals surface area contributed by atoms with Crippen molar-refractivity contribution >= 4 is 0 Å². The minimum absolute atomic E-state index is 0.108. The molecule has 0 saturated carbocycles. The molecule has 0 saturated heterocycles. The molecule has 0 aliphatic rings. The quantitative estimate of drug-likeness (QED) is 0.378. The van der Waals surface area contributed by atoms with Crippen molar-refractivity contribution in [1.29, 1.82) is 0 Å². The lowest BCUT2D eigenvalue weighted by Gasteiger charge is -1.96. The summed E-state index contributed by atoms with van der Waals surface area (Å²) >= 11 is 0. The molecule has 0 amide bonds. The minimum atomic E-state index is 0.108. The van der Waals surface area contributed by atoms with Gasteiger partial charge in [-0.05, 0) is 25.7 Å². The van der Waals surface area contributed by atoms with Crippen LogP contribution in [0.1, 0.15) is 58.3 Å². The van der Waals surface area contributed by atoms with Crippen molar-refractivity contribution < 1.29 is 5.11 Å². The summed E-state index contributed by atoms with van der Waals surface area (Å²) in [6.45, 7) is 2.31. The topological polar surface area (TPSA) is 19.9 Å². The van der Waals surface area contributed by atoms with E-state index in [0.717, 1.165) is 12.8 Å². The molecule has 0 unspecified atom stereocenters. The molecule has 0 aliphatic heterocycles. The molecule has 0 rings (SSSR count). The molecule has 0 aromatic rings. The monoisotopic (exact) mass is 183 g/mol. The van der Waals surface area contributed by atoms with E-state index in [1.807, 2.05) is 0 Å². The second-order valence-corrected chi connectivity index (χ2v) is 3.52. The van der Waals surface area contributed by atoms with E-state index in [-0.39, 0.29) is 6.61 Å². The van der Waals surface area contributed by atoms with Gasteiger partial charge in [0.25, 0.3) is 0 Å². The van der Waals surface area contributed by atoms with Crippen molar-refractivity contribution in [2.45, 2.75) is 58.3 Å². The molecular formula is C12H23O. The lowest BCUT2D eigenvalue weighted by molar-refractivity contribution is 0.186. The molecular weight excluding hydrogens is 160 g/mol. The summed E-state index contributed by atoms with van der Waals surface area (Å²) in [6, 6.07) is 0. The van der Waals surface area contributed by atoms with Gasteiger partial charge in [0.05, 0.1) is 6.61 Å².